The third-order valence-corrected chi connectivity index (χ3v) is 4.57. The van der Waals surface area contributed by atoms with Crippen LogP contribution in [0.15, 0.2) is 40.9 Å². The van der Waals surface area contributed by atoms with E-state index in [1.165, 1.54) is 5.56 Å². The molecule has 0 aliphatic heterocycles. The van der Waals surface area contributed by atoms with Crippen LogP contribution >= 0.6 is 38.9 Å². The van der Waals surface area contributed by atoms with E-state index in [1.807, 2.05) is 24.3 Å². The van der Waals surface area contributed by atoms with Crippen molar-refractivity contribution in [1.29, 1.82) is 0 Å². The second kappa shape index (κ2) is 5.12. The van der Waals surface area contributed by atoms with E-state index in [-0.39, 0.29) is 0 Å². The maximum Gasteiger partial charge on any atom is 0.188 e. The number of halogens is 2. The SMILES string of the molecule is Cc1cc(Br)cc(Nc2nc3cccc(Cl)c3s2)c1. The van der Waals surface area contributed by atoms with Crippen LogP contribution in [0.5, 0.6) is 0 Å². The van der Waals surface area contributed by atoms with Crippen molar-refractivity contribution in [2.75, 3.05) is 5.32 Å². The summed E-state index contributed by atoms with van der Waals surface area (Å²) in [7, 11) is 0. The van der Waals surface area contributed by atoms with Gasteiger partial charge in [-0.25, -0.2) is 4.98 Å². The van der Waals surface area contributed by atoms with Crippen molar-refractivity contribution >= 4 is 59.9 Å². The van der Waals surface area contributed by atoms with Gasteiger partial charge in [0.2, 0.25) is 0 Å². The van der Waals surface area contributed by atoms with E-state index in [0.717, 1.165) is 30.5 Å². The maximum absolute atomic E-state index is 6.16. The summed E-state index contributed by atoms with van der Waals surface area (Å²) in [4.78, 5) is 4.54. The molecule has 1 heterocycles. The number of benzene rings is 2. The summed E-state index contributed by atoms with van der Waals surface area (Å²) < 4.78 is 2.06. The molecule has 1 aromatic heterocycles. The minimum atomic E-state index is 0.744. The number of nitrogens with zero attached hydrogens (tertiary/aromatic N) is 1. The molecule has 0 amide bonds. The van der Waals surface area contributed by atoms with Gasteiger partial charge in [0, 0.05) is 10.2 Å². The Labute approximate surface area is 128 Å². The lowest BCUT2D eigenvalue weighted by atomic mass is 10.2. The molecule has 0 atom stereocenters. The molecule has 0 spiro atoms. The first kappa shape index (κ1) is 12.9. The van der Waals surface area contributed by atoms with E-state index < -0.39 is 0 Å². The topological polar surface area (TPSA) is 24.9 Å². The summed E-state index contributed by atoms with van der Waals surface area (Å²) in [6, 6.07) is 11.9. The number of fused-ring (bicyclic) bond motifs is 1. The molecule has 0 saturated heterocycles. The number of hydrogen-bond donors (Lipinski definition) is 1. The highest BCUT2D eigenvalue weighted by molar-refractivity contribution is 9.10. The van der Waals surface area contributed by atoms with Gasteiger partial charge in [0.05, 0.1) is 15.2 Å². The van der Waals surface area contributed by atoms with Gasteiger partial charge in [-0.1, -0.05) is 44.9 Å². The Hall–Kier alpha value is -1.10. The first-order valence-corrected chi connectivity index (χ1v) is 7.70. The molecule has 2 nitrogen and oxygen atoms in total. The lowest BCUT2D eigenvalue weighted by Gasteiger charge is -2.04. The van der Waals surface area contributed by atoms with Gasteiger partial charge >= 0.3 is 0 Å². The second-order valence-electron chi connectivity index (χ2n) is 4.25. The van der Waals surface area contributed by atoms with Crippen LogP contribution < -0.4 is 5.32 Å². The van der Waals surface area contributed by atoms with Gasteiger partial charge in [-0.2, -0.15) is 0 Å². The second-order valence-corrected chi connectivity index (χ2v) is 6.57. The minimum Gasteiger partial charge on any atom is -0.331 e. The van der Waals surface area contributed by atoms with Crippen LogP contribution in [-0.4, -0.2) is 4.98 Å². The molecule has 96 valence electrons. The Balaban J connectivity index is 1.99. The standard InChI is InChI=1S/C14H10BrClN2S/c1-8-5-9(15)7-10(6-8)17-14-18-12-4-2-3-11(16)13(12)19-14/h2-7H,1H3,(H,17,18). The van der Waals surface area contributed by atoms with Gasteiger partial charge in [-0.05, 0) is 42.8 Å². The predicted octanol–water partition coefficient (Wildman–Crippen LogP) is 5.76. The quantitative estimate of drug-likeness (QED) is 0.633. The molecule has 5 heteroatoms. The van der Waals surface area contributed by atoms with Crippen molar-refractivity contribution in [1.82, 2.24) is 4.98 Å². The van der Waals surface area contributed by atoms with Crippen LogP contribution in [-0.2, 0) is 0 Å². The number of thiazole rings is 1. The molecule has 3 aromatic rings. The molecule has 0 radical (unpaired) electrons. The molecule has 0 bridgehead atoms. The fourth-order valence-electron chi connectivity index (χ4n) is 1.90. The Morgan fingerprint density at radius 1 is 1.26 bits per heavy atom. The lowest BCUT2D eigenvalue weighted by molar-refractivity contribution is 1.40. The Kier molecular flexibility index (Phi) is 3.48. The van der Waals surface area contributed by atoms with Gasteiger partial charge < -0.3 is 5.32 Å². The third kappa shape index (κ3) is 2.76. The molecule has 19 heavy (non-hydrogen) atoms. The van der Waals surface area contributed by atoms with Gasteiger partial charge in [0.15, 0.2) is 5.13 Å². The minimum absolute atomic E-state index is 0.744. The number of nitrogens with one attached hydrogen (secondary N) is 1. The Morgan fingerprint density at radius 3 is 2.84 bits per heavy atom. The van der Waals surface area contributed by atoms with E-state index in [1.54, 1.807) is 11.3 Å². The van der Waals surface area contributed by atoms with Crippen LogP contribution in [0.1, 0.15) is 5.56 Å². The van der Waals surface area contributed by atoms with E-state index in [0.29, 0.717) is 0 Å². The van der Waals surface area contributed by atoms with Crippen molar-refractivity contribution in [2.24, 2.45) is 0 Å². The Morgan fingerprint density at radius 2 is 2.11 bits per heavy atom. The van der Waals surface area contributed by atoms with Crippen molar-refractivity contribution in [3.8, 4) is 0 Å². The fourth-order valence-corrected chi connectivity index (χ4v) is 3.68. The van der Waals surface area contributed by atoms with E-state index >= 15 is 0 Å². The van der Waals surface area contributed by atoms with Crippen molar-refractivity contribution in [3.05, 3.63) is 51.5 Å². The zero-order chi connectivity index (χ0) is 13.4. The molecule has 0 aliphatic rings. The van der Waals surface area contributed by atoms with E-state index in [9.17, 15) is 0 Å². The predicted molar refractivity (Wildman–Crippen MR) is 86.8 cm³/mol. The van der Waals surface area contributed by atoms with Crippen LogP contribution in [0.25, 0.3) is 10.2 Å². The molecule has 0 fully saturated rings. The van der Waals surface area contributed by atoms with Crippen LogP contribution in [0.4, 0.5) is 10.8 Å². The normalized spacial score (nSPS) is 10.9. The molecular formula is C14H10BrClN2S. The highest BCUT2D eigenvalue weighted by Crippen LogP contribution is 2.33. The molecule has 0 aliphatic carbocycles. The maximum atomic E-state index is 6.16. The lowest BCUT2D eigenvalue weighted by Crippen LogP contribution is -1.89. The summed E-state index contributed by atoms with van der Waals surface area (Å²) in [5.41, 5.74) is 3.13. The van der Waals surface area contributed by atoms with Gasteiger partial charge in [-0.15, -0.1) is 0 Å². The number of anilines is 2. The highest BCUT2D eigenvalue weighted by Gasteiger charge is 2.07. The number of aryl methyl sites for hydroxylation is 1. The Bertz CT molecular complexity index is 734. The summed E-state index contributed by atoms with van der Waals surface area (Å²) in [6.45, 7) is 2.06. The molecule has 3 rings (SSSR count). The first-order chi connectivity index (χ1) is 9.11. The smallest absolute Gasteiger partial charge is 0.188 e. The molecule has 0 unspecified atom stereocenters. The molecule has 0 saturated carbocycles. The number of rotatable bonds is 2. The van der Waals surface area contributed by atoms with Crippen LogP contribution in [0, 0.1) is 6.92 Å². The summed E-state index contributed by atoms with van der Waals surface area (Å²) in [6.07, 6.45) is 0. The van der Waals surface area contributed by atoms with E-state index in [4.69, 9.17) is 11.6 Å². The average Bonchev–Trinajstić information content (AvgIpc) is 2.71. The van der Waals surface area contributed by atoms with Gasteiger partial charge in [0.25, 0.3) is 0 Å². The molecule has 1 N–H and O–H groups in total. The van der Waals surface area contributed by atoms with Crippen molar-refractivity contribution < 1.29 is 0 Å². The van der Waals surface area contributed by atoms with E-state index in [2.05, 4.69) is 45.3 Å². The number of hydrogen-bond acceptors (Lipinski definition) is 3. The third-order valence-electron chi connectivity index (χ3n) is 2.66. The first-order valence-electron chi connectivity index (χ1n) is 5.71. The average molecular weight is 354 g/mol. The molecule has 2 aromatic carbocycles. The van der Waals surface area contributed by atoms with Crippen molar-refractivity contribution in [3.63, 3.8) is 0 Å². The van der Waals surface area contributed by atoms with Crippen molar-refractivity contribution in [2.45, 2.75) is 6.92 Å². The highest BCUT2D eigenvalue weighted by atomic mass is 79.9. The zero-order valence-electron chi connectivity index (χ0n) is 10.1. The fraction of sp³-hybridized carbons (Fsp3) is 0.0714. The van der Waals surface area contributed by atoms with Gasteiger partial charge in [0.1, 0.15) is 0 Å². The largest absolute Gasteiger partial charge is 0.331 e. The van der Waals surface area contributed by atoms with Gasteiger partial charge in [-0.3, -0.25) is 0 Å². The monoisotopic (exact) mass is 352 g/mol. The summed E-state index contributed by atoms with van der Waals surface area (Å²) in [5, 5.41) is 4.91. The zero-order valence-corrected chi connectivity index (χ0v) is 13.2. The summed E-state index contributed by atoms with van der Waals surface area (Å²) >= 11 is 11.2. The van der Waals surface area contributed by atoms with Crippen LogP contribution in [0.2, 0.25) is 5.02 Å². The molecular weight excluding hydrogens is 344 g/mol. The van der Waals surface area contributed by atoms with Crippen LogP contribution in [0.3, 0.4) is 0 Å². The summed E-state index contributed by atoms with van der Waals surface area (Å²) in [5.74, 6) is 0. The number of aromatic nitrogens is 1.